The molecule has 0 N–H and O–H groups in total. The number of benzene rings is 1. The maximum atomic E-state index is 11.4. The van der Waals surface area contributed by atoms with Gasteiger partial charge in [0, 0.05) is 10.7 Å². The van der Waals surface area contributed by atoms with Gasteiger partial charge in [0.15, 0.2) is 0 Å². The Morgan fingerprint density at radius 1 is 1.30 bits per heavy atom. The van der Waals surface area contributed by atoms with Crippen LogP contribution in [0.25, 0.3) is 10.9 Å². The number of halogens is 1. The Bertz CT molecular complexity index is 601. The topological polar surface area (TPSA) is 48.4 Å². The summed E-state index contributed by atoms with van der Waals surface area (Å²) in [6.07, 6.45) is 0.200. The summed E-state index contributed by atoms with van der Waals surface area (Å²) in [6, 6.07) is 9.50. The lowest BCUT2D eigenvalue weighted by atomic mass is 10.1. The Kier molecular flexibility index (Phi) is 5.35. The average Bonchev–Trinajstić information content (AvgIpc) is 2.45. The van der Waals surface area contributed by atoms with E-state index >= 15 is 0 Å². The molecule has 0 atom stereocenters. The molecule has 2 aromatic rings. The van der Waals surface area contributed by atoms with E-state index < -0.39 is 0 Å². The highest BCUT2D eigenvalue weighted by atomic mass is 79.9. The van der Waals surface area contributed by atoms with Gasteiger partial charge in [0.2, 0.25) is 0 Å². The zero-order valence-electron chi connectivity index (χ0n) is 11.3. The summed E-state index contributed by atoms with van der Waals surface area (Å²) in [7, 11) is 0. The number of aromatic nitrogens is 1. The molecule has 0 unspecified atom stereocenters. The molecule has 0 amide bonds. The maximum Gasteiger partial charge on any atom is 0.311 e. The van der Waals surface area contributed by atoms with Crippen LogP contribution in [0.3, 0.4) is 0 Å². The number of ether oxygens (including phenoxy) is 2. The molecular formula is C15H16BrNO3. The van der Waals surface area contributed by atoms with E-state index in [9.17, 15) is 4.79 Å². The van der Waals surface area contributed by atoms with E-state index in [-0.39, 0.29) is 12.4 Å². The number of hydrogen-bond donors (Lipinski definition) is 0. The Morgan fingerprint density at radius 2 is 2.15 bits per heavy atom. The Labute approximate surface area is 126 Å². The molecule has 1 heterocycles. The van der Waals surface area contributed by atoms with Gasteiger partial charge in [0.1, 0.15) is 5.75 Å². The van der Waals surface area contributed by atoms with Crippen LogP contribution in [-0.2, 0) is 16.0 Å². The zero-order valence-corrected chi connectivity index (χ0v) is 12.9. The van der Waals surface area contributed by atoms with Crippen LogP contribution >= 0.6 is 15.9 Å². The fourth-order valence-electron chi connectivity index (χ4n) is 1.85. The molecule has 0 bridgehead atoms. The van der Waals surface area contributed by atoms with E-state index in [1.807, 2.05) is 30.3 Å². The van der Waals surface area contributed by atoms with Gasteiger partial charge in [-0.15, -0.1) is 0 Å². The number of carbonyl (C=O) groups excluding carboxylic acids is 1. The first-order chi connectivity index (χ1) is 9.72. The summed E-state index contributed by atoms with van der Waals surface area (Å²) in [5.74, 6) is 0.563. The molecule has 0 saturated heterocycles. The van der Waals surface area contributed by atoms with Gasteiger partial charge in [-0.1, -0.05) is 22.0 Å². The fourth-order valence-corrected chi connectivity index (χ4v) is 2.01. The van der Waals surface area contributed by atoms with Crippen molar-refractivity contribution >= 4 is 32.8 Å². The minimum absolute atomic E-state index is 0.200. The molecule has 0 saturated carbocycles. The summed E-state index contributed by atoms with van der Waals surface area (Å²) >= 11 is 3.32. The van der Waals surface area contributed by atoms with Gasteiger partial charge in [0.05, 0.1) is 30.8 Å². The highest BCUT2D eigenvalue weighted by Gasteiger charge is 2.06. The van der Waals surface area contributed by atoms with Gasteiger partial charge in [-0.25, -0.2) is 0 Å². The Hall–Kier alpha value is -1.62. The largest absolute Gasteiger partial charge is 0.493 e. The molecule has 20 heavy (non-hydrogen) atoms. The first-order valence-electron chi connectivity index (χ1n) is 6.47. The highest BCUT2D eigenvalue weighted by Crippen LogP contribution is 2.20. The summed E-state index contributed by atoms with van der Waals surface area (Å²) in [6.45, 7) is 2.81. The van der Waals surface area contributed by atoms with Gasteiger partial charge in [-0.05, 0) is 31.2 Å². The summed E-state index contributed by atoms with van der Waals surface area (Å²) in [5, 5.41) is 1.78. The van der Waals surface area contributed by atoms with Crippen LogP contribution in [0, 0.1) is 0 Å². The summed E-state index contributed by atoms with van der Waals surface area (Å²) in [4.78, 5) is 15.9. The zero-order chi connectivity index (χ0) is 14.4. The summed E-state index contributed by atoms with van der Waals surface area (Å²) < 4.78 is 10.5. The minimum atomic E-state index is -0.253. The standard InChI is InChI=1S/C15H16BrNO3/c1-2-19-15(18)10-12-4-3-11-9-13(20-8-7-16)5-6-14(11)17-12/h3-6,9H,2,7-8,10H2,1H3. The van der Waals surface area contributed by atoms with Crippen molar-refractivity contribution in [2.45, 2.75) is 13.3 Å². The van der Waals surface area contributed by atoms with Crippen LogP contribution in [0.5, 0.6) is 5.75 Å². The van der Waals surface area contributed by atoms with Gasteiger partial charge >= 0.3 is 5.97 Å². The van der Waals surface area contributed by atoms with Gasteiger partial charge in [-0.2, -0.15) is 0 Å². The van der Waals surface area contributed by atoms with Crippen molar-refractivity contribution in [2.75, 3.05) is 18.5 Å². The first-order valence-corrected chi connectivity index (χ1v) is 7.59. The lowest BCUT2D eigenvalue weighted by Gasteiger charge is -2.06. The van der Waals surface area contributed by atoms with E-state index in [0.29, 0.717) is 18.9 Å². The number of nitrogens with zero attached hydrogens (tertiary/aromatic N) is 1. The number of fused-ring (bicyclic) bond motifs is 1. The van der Waals surface area contributed by atoms with Crippen molar-refractivity contribution in [3.63, 3.8) is 0 Å². The van der Waals surface area contributed by atoms with Gasteiger partial charge in [0.25, 0.3) is 0 Å². The van der Waals surface area contributed by atoms with Crippen LogP contribution in [0.1, 0.15) is 12.6 Å². The van der Waals surface area contributed by atoms with Crippen LogP contribution in [0.15, 0.2) is 30.3 Å². The first kappa shape index (κ1) is 14.8. The van der Waals surface area contributed by atoms with E-state index in [1.54, 1.807) is 6.92 Å². The molecule has 5 heteroatoms. The van der Waals surface area contributed by atoms with Gasteiger partial charge in [-0.3, -0.25) is 9.78 Å². The number of alkyl halides is 1. The number of rotatable bonds is 6. The molecule has 106 valence electrons. The third kappa shape index (κ3) is 3.93. The van der Waals surface area contributed by atoms with Gasteiger partial charge < -0.3 is 9.47 Å². The van der Waals surface area contributed by atoms with Crippen molar-refractivity contribution in [2.24, 2.45) is 0 Å². The number of pyridine rings is 1. The SMILES string of the molecule is CCOC(=O)Cc1ccc2cc(OCCBr)ccc2n1. The van der Waals surface area contributed by atoms with Crippen molar-refractivity contribution < 1.29 is 14.3 Å². The predicted molar refractivity (Wildman–Crippen MR) is 81.4 cm³/mol. The molecule has 0 fully saturated rings. The lowest BCUT2D eigenvalue weighted by Crippen LogP contribution is -2.08. The second-order valence-electron chi connectivity index (χ2n) is 4.18. The third-order valence-electron chi connectivity index (χ3n) is 2.69. The minimum Gasteiger partial charge on any atom is -0.493 e. The predicted octanol–water partition coefficient (Wildman–Crippen LogP) is 3.11. The number of hydrogen-bond acceptors (Lipinski definition) is 4. The van der Waals surface area contributed by atoms with Crippen molar-refractivity contribution in [3.05, 3.63) is 36.0 Å². The average molecular weight is 338 g/mol. The van der Waals surface area contributed by atoms with E-state index in [2.05, 4.69) is 20.9 Å². The maximum absolute atomic E-state index is 11.4. The number of carbonyl (C=O) groups is 1. The lowest BCUT2D eigenvalue weighted by molar-refractivity contribution is -0.142. The van der Waals surface area contributed by atoms with Crippen molar-refractivity contribution in [3.8, 4) is 5.75 Å². The van der Waals surface area contributed by atoms with E-state index in [1.165, 1.54) is 0 Å². The van der Waals surface area contributed by atoms with E-state index in [4.69, 9.17) is 9.47 Å². The second-order valence-corrected chi connectivity index (χ2v) is 4.97. The van der Waals surface area contributed by atoms with Crippen LogP contribution < -0.4 is 4.74 Å². The summed E-state index contributed by atoms with van der Waals surface area (Å²) in [5.41, 5.74) is 1.56. The molecule has 1 aromatic carbocycles. The van der Waals surface area contributed by atoms with Crippen LogP contribution in [-0.4, -0.2) is 29.5 Å². The molecule has 2 rings (SSSR count). The Balaban J connectivity index is 2.16. The van der Waals surface area contributed by atoms with Crippen molar-refractivity contribution in [1.29, 1.82) is 0 Å². The smallest absolute Gasteiger partial charge is 0.311 e. The Morgan fingerprint density at radius 3 is 2.90 bits per heavy atom. The van der Waals surface area contributed by atoms with Crippen LogP contribution in [0.2, 0.25) is 0 Å². The molecule has 1 aromatic heterocycles. The van der Waals surface area contributed by atoms with Crippen LogP contribution in [0.4, 0.5) is 0 Å². The quantitative estimate of drug-likeness (QED) is 0.600. The third-order valence-corrected chi connectivity index (χ3v) is 3.02. The molecule has 0 aliphatic rings. The molecule has 0 aliphatic heterocycles. The second kappa shape index (κ2) is 7.24. The molecule has 0 aliphatic carbocycles. The molecular weight excluding hydrogens is 322 g/mol. The van der Waals surface area contributed by atoms with E-state index in [0.717, 1.165) is 22.0 Å². The molecule has 0 radical (unpaired) electrons. The fraction of sp³-hybridized carbons (Fsp3) is 0.333. The highest BCUT2D eigenvalue weighted by molar-refractivity contribution is 9.09. The monoisotopic (exact) mass is 337 g/mol. The molecule has 0 spiro atoms. The normalized spacial score (nSPS) is 10.5. The number of esters is 1. The molecule has 4 nitrogen and oxygen atoms in total. The van der Waals surface area contributed by atoms with Crippen molar-refractivity contribution in [1.82, 2.24) is 4.98 Å².